The number of anilines is 3. The Morgan fingerprint density at radius 2 is 2.17 bits per heavy atom. The molecule has 0 bridgehead atoms. The van der Waals surface area contributed by atoms with E-state index in [-0.39, 0.29) is 0 Å². The van der Waals surface area contributed by atoms with Gasteiger partial charge in [0.1, 0.15) is 18.0 Å². The fourth-order valence-electron chi connectivity index (χ4n) is 1.55. The van der Waals surface area contributed by atoms with Crippen LogP contribution in [0.15, 0.2) is 24.8 Å². The predicted octanol–water partition coefficient (Wildman–Crippen LogP) is 1.89. The summed E-state index contributed by atoms with van der Waals surface area (Å²) in [5.74, 6) is 2.12. The van der Waals surface area contributed by atoms with Crippen molar-refractivity contribution in [3.05, 3.63) is 30.4 Å². The minimum atomic E-state index is 0.544. The first-order valence-electron chi connectivity index (χ1n) is 5.94. The summed E-state index contributed by atoms with van der Waals surface area (Å²) < 4.78 is 0. The lowest BCUT2D eigenvalue weighted by Crippen LogP contribution is -2.08. The predicted molar refractivity (Wildman–Crippen MR) is 68.7 cm³/mol. The van der Waals surface area contributed by atoms with Gasteiger partial charge in [-0.15, -0.1) is 0 Å². The summed E-state index contributed by atoms with van der Waals surface area (Å²) in [7, 11) is 0. The molecule has 2 N–H and O–H groups in total. The second-order valence-corrected chi connectivity index (χ2v) is 4.36. The fourth-order valence-corrected chi connectivity index (χ4v) is 1.55. The van der Waals surface area contributed by atoms with Crippen LogP contribution in [0.2, 0.25) is 0 Å². The number of nitrogens with zero attached hydrogens (tertiary/aromatic N) is 4. The minimum absolute atomic E-state index is 0.544. The summed E-state index contributed by atoms with van der Waals surface area (Å²) in [6.07, 6.45) is 7.41. The summed E-state index contributed by atoms with van der Waals surface area (Å²) in [6.45, 7) is 2.00. The third-order valence-corrected chi connectivity index (χ3v) is 2.71. The molecule has 1 aliphatic rings. The van der Waals surface area contributed by atoms with Gasteiger partial charge >= 0.3 is 0 Å². The summed E-state index contributed by atoms with van der Waals surface area (Å²) in [4.78, 5) is 16.6. The van der Waals surface area contributed by atoms with Gasteiger partial charge in [-0.2, -0.15) is 4.98 Å². The first kappa shape index (κ1) is 10.9. The molecule has 2 aromatic rings. The van der Waals surface area contributed by atoms with E-state index in [0.29, 0.717) is 17.8 Å². The van der Waals surface area contributed by atoms with Crippen LogP contribution in [-0.4, -0.2) is 26.0 Å². The van der Waals surface area contributed by atoms with Gasteiger partial charge in [0.25, 0.3) is 0 Å². The molecule has 18 heavy (non-hydrogen) atoms. The Hall–Kier alpha value is -2.24. The number of aryl methyl sites for hydroxylation is 1. The van der Waals surface area contributed by atoms with Crippen molar-refractivity contribution in [3.8, 4) is 0 Å². The first-order chi connectivity index (χ1) is 8.81. The second kappa shape index (κ2) is 4.56. The normalized spacial score (nSPS) is 14.3. The van der Waals surface area contributed by atoms with Crippen molar-refractivity contribution in [2.75, 3.05) is 10.6 Å². The van der Waals surface area contributed by atoms with E-state index in [4.69, 9.17) is 0 Å². The van der Waals surface area contributed by atoms with Gasteiger partial charge in [-0.05, 0) is 25.8 Å². The van der Waals surface area contributed by atoms with Crippen LogP contribution in [0.25, 0.3) is 0 Å². The Morgan fingerprint density at radius 3 is 2.89 bits per heavy atom. The van der Waals surface area contributed by atoms with E-state index < -0.39 is 0 Å². The van der Waals surface area contributed by atoms with E-state index in [2.05, 4.69) is 30.6 Å². The van der Waals surface area contributed by atoms with Crippen molar-refractivity contribution in [3.63, 3.8) is 0 Å². The van der Waals surface area contributed by atoms with Crippen LogP contribution in [-0.2, 0) is 0 Å². The second-order valence-electron chi connectivity index (χ2n) is 4.36. The largest absolute Gasteiger partial charge is 0.367 e. The molecule has 0 saturated heterocycles. The van der Waals surface area contributed by atoms with Gasteiger partial charge in [0.2, 0.25) is 5.95 Å². The molecule has 2 aromatic heterocycles. The van der Waals surface area contributed by atoms with Crippen LogP contribution in [0.5, 0.6) is 0 Å². The number of nitrogens with one attached hydrogen (secondary N) is 2. The Bertz CT molecular complexity index is 538. The van der Waals surface area contributed by atoms with E-state index >= 15 is 0 Å². The zero-order valence-electron chi connectivity index (χ0n) is 10.1. The van der Waals surface area contributed by atoms with Gasteiger partial charge in [-0.25, -0.2) is 15.0 Å². The molecule has 0 spiro atoms. The highest BCUT2D eigenvalue weighted by Gasteiger charge is 2.22. The summed E-state index contributed by atoms with van der Waals surface area (Å²) in [5.41, 5.74) is 1.05. The van der Waals surface area contributed by atoms with Crippen LogP contribution in [0.4, 0.5) is 17.6 Å². The number of rotatable bonds is 4. The first-order valence-corrected chi connectivity index (χ1v) is 5.94. The lowest BCUT2D eigenvalue weighted by molar-refractivity contribution is 1.05. The maximum Gasteiger partial charge on any atom is 0.230 e. The molecule has 6 nitrogen and oxygen atoms in total. The van der Waals surface area contributed by atoms with Gasteiger partial charge in [-0.3, -0.25) is 0 Å². The topological polar surface area (TPSA) is 75.6 Å². The molecule has 1 saturated carbocycles. The van der Waals surface area contributed by atoms with E-state index in [1.807, 2.05) is 6.92 Å². The van der Waals surface area contributed by atoms with Crippen LogP contribution < -0.4 is 10.6 Å². The van der Waals surface area contributed by atoms with E-state index in [9.17, 15) is 0 Å². The lowest BCUT2D eigenvalue weighted by Gasteiger charge is -2.09. The molecule has 1 fully saturated rings. The molecular weight excluding hydrogens is 228 g/mol. The highest BCUT2D eigenvalue weighted by molar-refractivity contribution is 5.52. The van der Waals surface area contributed by atoms with Crippen molar-refractivity contribution in [1.29, 1.82) is 0 Å². The molecular formula is C12H14N6. The molecule has 2 heterocycles. The Morgan fingerprint density at radius 1 is 1.28 bits per heavy atom. The third kappa shape index (κ3) is 2.53. The van der Waals surface area contributed by atoms with Crippen LogP contribution in [0, 0.1) is 6.92 Å². The van der Waals surface area contributed by atoms with Gasteiger partial charge in [0, 0.05) is 24.0 Å². The van der Waals surface area contributed by atoms with Crippen LogP contribution in [0.3, 0.4) is 0 Å². The van der Waals surface area contributed by atoms with E-state index in [1.165, 1.54) is 19.2 Å². The molecule has 3 rings (SSSR count). The Kier molecular flexibility index (Phi) is 2.76. The summed E-state index contributed by atoms with van der Waals surface area (Å²) in [5, 5.41) is 6.44. The molecule has 0 unspecified atom stereocenters. The van der Waals surface area contributed by atoms with Gasteiger partial charge in [-0.1, -0.05) is 0 Å². The molecule has 0 aliphatic heterocycles. The number of hydrogen-bond donors (Lipinski definition) is 2. The molecule has 0 aromatic carbocycles. The van der Waals surface area contributed by atoms with Crippen molar-refractivity contribution in [2.45, 2.75) is 25.8 Å². The zero-order chi connectivity index (χ0) is 12.4. The van der Waals surface area contributed by atoms with E-state index in [1.54, 1.807) is 18.5 Å². The van der Waals surface area contributed by atoms with E-state index in [0.717, 1.165) is 11.4 Å². The third-order valence-electron chi connectivity index (χ3n) is 2.71. The van der Waals surface area contributed by atoms with Gasteiger partial charge < -0.3 is 10.6 Å². The smallest absolute Gasteiger partial charge is 0.230 e. The average Bonchev–Trinajstić information content (AvgIpc) is 3.19. The zero-order valence-corrected chi connectivity index (χ0v) is 10.1. The molecule has 1 aliphatic carbocycles. The van der Waals surface area contributed by atoms with Crippen molar-refractivity contribution >= 4 is 17.6 Å². The molecule has 0 radical (unpaired) electrons. The monoisotopic (exact) mass is 242 g/mol. The van der Waals surface area contributed by atoms with Gasteiger partial charge in [0.15, 0.2) is 0 Å². The SMILES string of the molecule is Cc1cnc(Nc2ccncn2)nc1NC1CC1. The maximum atomic E-state index is 4.45. The minimum Gasteiger partial charge on any atom is -0.367 e. The lowest BCUT2D eigenvalue weighted by atomic mass is 10.3. The highest BCUT2D eigenvalue weighted by Crippen LogP contribution is 2.25. The molecule has 0 atom stereocenters. The van der Waals surface area contributed by atoms with Gasteiger partial charge in [0.05, 0.1) is 0 Å². The Balaban J connectivity index is 1.79. The average molecular weight is 242 g/mol. The molecule has 6 heteroatoms. The quantitative estimate of drug-likeness (QED) is 0.852. The molecule has 0 amide bonds. The van der Waals surface area contributed by atoms with Crippen molar-refractivity contribution < 1.29 is 0 Å². The summed E-state index contributed by atoms with van der Waals surface area (Å²) >= 11 is 0. The Labute approximate surface area is 105 Å². The highest BCUT2D eigenvalue weighted by atomic mass is 15.2. The number of aromatic nitrogens is 4. The maximum absolute atomic E-state index is 4.45. The fraction of sp³-hybridized carbons (Fsp3) is 0.333. The van der Waals surface area contributed by atoms with Crippen LogP contribution in [0.1, 0.15) is 18.4 Å². The van der Waals surface area contributed by atoms with Crippen molar-refractivity contribution in [1.82, 2.24) is 19.9 Å². The van der Waals surface area contributed by atoms with Crippen molar-refractivity contribution in [2.24, 2.45) is 0 Å². The number of hydrogen-bond acceptors (Lipinski definition) is 6. The molecule has 92 valence electrons. The summed E-state index contributed by atoms with van der Waals surface area (Å²) in [6, 6.07) is 2.35. The van der Waals surface area contributed by atoms with Crippen LogP contribution >= 0.6 is 0 Å². The standard InChI is InChI=1S/C12H14N6/c1-8-6-14-12(17-10-4-5-13-7-15-10)18-11(8)16-9-2-3-9/h4-7,9H,2-3H2,1H3,(H2,13,14,15,16,17,18).